The molecule has 0 aliphatic rings. The highest BCUT2D eigenvalue weighted by Gasteiger charge is 2.12. The van der Waals surface area contributed by atoms with E-state index in [2.05, 4.69) is 21.9 Å². The third kappa shape index (κ3) is 6.41. The van der Waals surface area contributed by atoms with E-state index in [1.54, 1.807) is 0 Å². The molecule has 7 heteroatoms. The predicted octanol–water partition coefficient (Wildman–Crippen LogP) is -1.11. The van der Waals surface area contributed by atoms with Gasteiger partial charge in [-0.2, -0.15) is 0 Å². The number of hydrogen-bond donors (Lipinski definition) is 3. The van der Waals surface area contributed by atoms with Gasteiger partial charge in [-0.1, -0.05) is 12.7 Å². The summed E-state index contributed by atoms with van der Waals surface area (Å²) in [6.07, 6.45) is 0.663. The maximum atomic E-state index is 11.1. The molecule has 0 unspecified atom stereocenters. The number of ether oxygens (including phenoxy) is 1. The van der Waals surface area contributed by atoms with Gasteiger partial charge in [-0.25, -0.2) is 4.79 Å². The fourth-order valence-corrected chi connectivity index (χ4v) is 0.702. The largest absolute Gasteiger partial charge is 0.445 e. The van der Waals surface area contributed by atoms with Crippen molar-refractivity contribution in [3.05, 3.63) is 12.7 Å². The molecule has 0 fully saturated rings. The number of amides is 3. The van der Waals surface area contributed by atoms with Crippen LogP contribution in [0.2, 0.25) is 0 Å². The minimum Gasteiger partial charge on any atom is -0.445 e. The quantitative estimate of drug-likeness (QED) is 0.501. The number of primary amides is 1. The molecule has 0 spiro atoms. The van der Waals surface area contributed by atoms with Crippen molar-refractivity contribution in [3.8, 4) is 0 Å². The maximum Gasteiger partial charge on any atom is 0.407 e. The van der Waals surface area contributed by atoms with Crippen LogP contribution in [-0.2, 0) is 14.3 Å². The average Bonchev–Trinajstić information content (AvgIpc) is 2.23. The zero-order valence-corrected chi connectivity index (χ0v) is 8.99. The molecule has 0 saturated carbocycles. The van der Waals surface area contributed by atoms with Crippen LogP contribution in [0.4, 0.5) is 4.79 Å². The molecule has 0 heterocycles. The molecule has 0 aromatic carbocycles. The third-order valence-electron chi connectivity index (χ3n) is 1.53. The summed E-state index contributed by atoms with van der Waals surface area (Å²) in [5.41, 5.74) is 4.93. The van der Waals surface area contributed by atoms with Gasteiger partial charge in [0.05, 0.1) is 0 Å². The molecular weight excluding hydrogens is 214 g/mol. The minimum absolute atomic E-state index is 0.0607. The van der Waals surface area contributed by atoms with E-state index in [1.807, 2.05) is 0 Å². The van der Waals surface area contributed by atoms with E-state index in [1.165, 1.54) is 13.0 Å². The molecule has 0 saturated heterocycles. The van der Waals surface area contributed by atoms with E-state index < -0.39 is 23.9 Å². The summed E-state index contributed by atoms with van der Waals surface area (Å²) in [7, 11) is 0. The molecule has 0 bridgehead atoms. The Morgan fingerprint density at radius 1 is 1.50 bits per heavy atom. The summed E-state index contributed by atoms with van der Waals surface area (Å²) in [6.45, 7) is 4.57. The van der Waals surface area contributed by atoms with Gasteiger partial charge in [0.2, 0.25) is 11.8 Å². The summed E-state index contributed by atoms with van der Waals surface area (Å²) in [6, 6.07) is -0.779. The SMILES string of the molecule is C=CCOC(=O)NCC(=O)N[C@@H](C)C(N)=O. The lowest BCUT2D eigenvalue weighted by Gasteiger charge is -2.10. The molecule has 7 nitrogen and oxygen atoms in total. The Labute approximate surface area is 93.0 Å². The van der Waals surface area contributed by atoms with Gasteiger partial charge in [-0.3, -0.25) is 9.59 Å². The zero-order chi connectivity index (χ0) is 12.6. The number of nitrogens with two attached hydrogens (primary N) is 1. The molecule has 90 valence electrons. The molecule has 0 aliphatic heterocycles. The lowest BCUT2D eigenvalue weighted by Crippen LogP contribution is -2.46. The highest BCUT2D eigenvalue weighted by molar-refractivity contribution is 5.88. The first kappa shape index (κ1) is 13.9. The number of alkyl carbamates (subject to hydrolysis) is 1. The minimum atomic E-state index is -0.779. The monoisotopic (exact) mass is 229 g/mol. The van der Waals surface area contributed by atoms with Gasteiger partial charge in [0.1, 0.15) is 19.2 Å². The van der Waals surface area contributed by atoms with Crippen LogP contribution in [-0.4, -0.2) is 37.1 Å². The number of rotatable bonds is 6. The first-order valence-corrected chi connectivity index (χ1v) is 4.57. The summed E-state index contributed by atoms with van der Waals surface area (Å²) >= 11 is 0. The van der Waals surface area contributed by atoms with Crippen molar-refractivity contribution in [1.82, 2.24) is 10.6 Å². The van der Waals surface area contributed by atoms with Crippen LogP contribution in [0.5, 0.6) is 0 Å². The van der Waals surface area contributed by atoms with Crippen LogP contribution in [0.3, 0.4) is 0 Å². The maximum absolute atomic E-state index is 11.1. The first-order chi connectivity index (χ1) is 7.47. The van der Waals surface area contributed by atoms with Crippen LogP contribution in [0, 0.1) is 0 Å². The zero-order valence-electron chi connectivity index (χ0n) is 8.99. The number of hydrogen-bond acceptors (Lipinski definition) is 4. The van der Waals surface area contributed by atoms with Crippen LogP contribution in [0.1, 0.15) is 6.92 Å². The van der Waals surface area contributed by atoms with E-state index in [4.69, 9.17) is 5.73 Å². The molecule has 3 amide bonds. The van der Waals surface area contributed by atoms with Crippen molar-refractivity contribution in [3.63, 3.8) is 0 Å². The number of nitrogens with one attached hydrogen (secondary N) is 2. The topological polar surface area (TPSA) is 111 Å². The molecule has 0 aromatic heterocycles. The Balaban J connectivity index is 3.76. The molecule has 0 rings (SSSR count). The predicted molar refractivity (Wildman–Crippen MR) is 56.3 cm³/mol. The van der Waals surface area contributed by atoms with Crippen LogP contribution in [0.15, 0.2) is 12.7 Å². The van der Waals surface area contributed by atoms with E-state index in [-0.39, 0.29) is 13.2 Å². The van der Waals surface area contributed by atoms with Gasteiger partial charge in [-0.05, 0) is 6.92 Å². The van der Waals surface area contributed by atoms with Crippen molar-refractivity contribution in [2.75, 3.05) is 13.2 Å². The second-order valence-corrected chi connectivity index (χ2v) is 2.93. The molecule has 0 aromatic rings. The molecular formula is C9H15N3O4. The fraction of sp³-hybridized carbons (Fsp3) is 0.444. The Morgan fingerprint density at radius 3 is 2.62 bits per heavy atom. The van der Waals surface area contributed by atoms with Crippen LogP contribution < -0.4 is 16.4 Å². The lowest BCUT2D eigenvalue weighted by molar-refractivity contribution is -0.126. The summed E-state index contributed by atoms with van der Waals surface area (Å²) in [5.74, 6) is -1.18. The molecule has 16 heavy (non-hydrogen) atoms. The van der Waals surface area contributed by atoms with Crippen molar-refractivity contribution in [2.24, 2.45) is 5.73 Å². The highest BCUT2D eigenvalue weighted by atomic mass is 16.5. The summed E-state index contributed by atoms with van der Waals surface area (Å²) in [4.78, 5) is 32.6. The van der Waals surface area contributed by atoms with E-state index in [9.17, 15) is 14.4 Å². The van der Waals surface area contributed by atoms with Crippen LogP contribution in [0.25, 0.3) is 0 Å². The second kappa shape index (κ2) is 7.27. The Bertz CT molecular complexity index is 290. The summed E-state index contributed by atoms with van der Waals surface area (Å²) in [5, 5.41) is 4.48. The Kier molecular flexibility index (Phi) is 6.34. The van der Waals surface area contributed by atoms with Gasteiger partial charge in [0.25, 0.3) is 0 Å². The van der Waals surface area contributed by atoms with E-state index in [0.29, 0.717) is 0 Å². The van der Waals surface area contributed by atoms with E-state index in [0.717, 1.165) is 0 Å². The fourth-order valence-electron chi connectivity index (χ4n) is 0.702. The number of carbonyl (C=O) groups excluding carboxylic acids is 3. The Hall–Kier alpha value is -2.05. The van der Waals surface area contributed by atoms with Gasteiger partial charge >= 0.3 is 6.09 Å². The average molecular weight is 229 g/mol. The van der Waals surface area contributed by atoms with Gasteiger partial charge < -0.3 is 21.1 Å². The van der Waals surface area contributed by atoms with Crippen molar-refractivity contribution in [2.45, 2.75) is 13.0 Å². The lowest BCUT2D eigenvalue weighted by atomic mass is 10.3. The molecule has 0 aliphatic carbocycles. The normalized spacial score (nSPS) is 11.1. The van der Waals surface area contributed by atoms with E-state index >= 15 is 0 Å². The second-order valence-electron chi connectivity index (χ2n) is 2.93. The van der Waals surface area contributed by atoms with Gasteiger partial charge in [-0.15, -0.1) is 0 Å². The molecule has 0 radical (unpaired) electrons. The van der Waals surface area contributed by atoms with Crippen molar-refractivity contribution in [1.29, 1.82) is 0 Å². The third-order valence-corrected chi connectivity index (χ3v) is 1.53. The molecule has 1 atom stereocenters. The van der Waals surface area contributed by atoms with Gasteiger partial charge in [0, 0.05) is 0 Å². The molecule has 4 N–H and O–H groups in total. The van der Waals surface area contributed by atoms with Crippen molar-refractivity contribution < 1.29 is 19.1 Å². The standard InChI is InChI=1S/C9H15N3O4/c1-3-4-16-9(15)11-5-7(13)12-6(2)8(10)14/h3,6H,1,4-5H2,2H3,(H2,10,14)(H,11,15)(H,12,13)/t6-/m0/s1. The van der Waals surface area contributed by atoms with Crippen molar-refractivity contribution >= 4 is 17.9 Å². The van der Waals surface area contributed by atoms with Gasteiger partial charge in [0.15, 0.2) is 0 Å². The first-order valence-electron chi connectivity index (χ1n) is 4.57. The van der Waals surface area contributed by atoms with Crippen LogP contribution >= 0.6 is 0 Å². The Morgan fingerprint density at radius 2 is 2.12 bits per heavy atom. The number of carbonyl (C=O) groups is 3. The smallest absolute Gasteiger partial charge is 0.407 e. The highest BCUT2D eigenvalue weighted by Crippen LogP contribution is 1.80. The summed E-state index contributed by atoms with van der Waals surface area (Å²) < 4.78 is 4.55.